The summed E-state index contributed by atoms with van der Waals surface area (Å²) in [7, 11) is 0. The number of nitrogen functional groups attached to an aromatic ring is 1. The molecule has 1 saturated carbocycles. The van der Waals surface area contributed by atoms with Crippen LogP contribution in [0, 0.1) is 5.92 Å². The monoisotopic (exact) mass is 147 g/mol. The number of benzene rings is 1. The standard InChI is InChI=1S/C10H13N/c1-7-6-10(7)8-2-4-9(11)5-3-8/h2-5,7,10H,6,11H2,1H3/t7-,10+/m0/s1. The van der Waals surface area contributed by atoms with Gasteiger partial charge in [0, 0.05) is 5.69 Å². The van der Waals surface area contributed by atoms with Gasteiger partial charge in [0.15, 0.2) is 0 Å². The summed E-state index contributed by atoms with van der Waals surface area (Å²) in [4.78, 5) is 0. The first-order chi connectivity index (χ1) is 5.27. The Hall–Kier alpha value is -0.980. The number of anilines is 1. The van der Waals surface area contributed by atoms with E-state index in [4.69, 9.17) is 5.73 Å². The van der Waals surface area contributed by atoms with Gasteiger partial charge in [-0.05, 0) is 36.0 Å². The molecular weight excluding hydrogens is 134 g/mol. The summed E-state index contributed by atoms with van der Waals surface area (Å²) in [5.74, 6) is 1.70. The molecule has 1 heteroatoms. The predicted molar refractivity (Wildman–Crippen MR) is 47.4 cm³/mol. The fraction of sp³-hybridized carbons (Fsp3) is 0.400. The molecule has 0 spiro atoms. The summed E-state index contributed by atoms with van der Waals surface area (Å²) in [5, 5.41) is 0. The van der Waals surface area contributed by atoms with Gasteiger partial charge in [0.25, 0.3) is 0 Å². The smallest absolute Gasteiger partial charge is 0.0314 e. The average molecular weight is 147 g/mol. The summed E-state index contributed by atoms with van der Waals surface area (Å²) in [6.07, 6.45) is 1.35. The normalized spacial score (nSPS) is 28.5. The van der Waals surface area contributed by atoms with Crippen LogP contribution in [0.15, 0.2) is 24.3 Å². The summed E-state index contributed by atoms with van der Waals surface area (Å²) >= 11 is 0. The molecule has 0 aromatic heterocycles. The van der Waals surface area contributed by atoms with Crippen molar-refractivity contribution in [3.8, 4) is 0 Å². The van der Waals surface area contributed by atoms with Crippen molar-refractivity contribution in [1.29, 1.82) is 0 Å². The highest BCUT2D eigenvalue weighted by Crippen LogP contribution is 2.46. The van der Waals surface area contributed by atoms with Crippen LogP contribution in [0.2, 0.25) is 0 Å². The van der Waals surface area contributed by atoms with Crippen molar-refractivity contribution in [2.24, 2.45) is 5.92 Å². The van der Waals surface area contributed by atoms with Crippen LogP contribution in [-0.2, 0) is 0 Å². The number of nitrogens with two attached hydrogens (primary N) is 1. The highest BCUT2D eigenvalue weighted by molar-refractivity contribution is 5.41. The number of rotatable bonds is 1. The molecular formula is C10H13N. The molecule has 11 heavy (non-hydrogen) atoms. The van der Waals surface area contributed by atoms with Crippen molar-refractivity contribution in [2.45, 2.75) is 19.3 Å². The van der Waals surface area contributed by atoms with Crippen LogP contribution in [-0.4, -0.2) is 0 Å². The minimum Gasteiger partial charge on any atom is -0.399 e. The Kier molecular flexibility index (Phi) is 1.38. The lowest BCUT2D eigenvalue weighted by Gasteiger charge is -1.97. The Morgan fingerprint density at radius 2 is 1.82 bits per heavy atom. The van der Waals surface area contributed by atoms with Crippen molar-refractivity contribution in [2.75, 3.05) is 5.73 Å². The third kappa shape index (κ3) is 1.23. The summed E-state index contributed by atoms with van der Waals surface area (Å²) in [5.41, 5.74) is 7.90. The first kappa shape index (κ1) is 6.71. The van der Waals surface area contributed by atoms with Gasteiger partial charge in [0.05, 0.1) is 0 Å². The second kappa shape index (κ2) is 2.26. The van der Waals surface area contributed by atoms with Crippen molar-refractivity contribution < 1.29 is 0 Å². The van der Waals surface area contributed by atoms with E-state index in [1.807, 2.05) is 12.1 Å². The fourth-order valence-corrected chi connectivity index (χ4v) is 1.53. The lowest BCUT2D eigenvalue weighted by atomic mass is 10.1. The van der Waals surface area contributed by atoms with Crippen LogP contribution < -0.4 is 5.73 Å². The van der Waals surface area contributed by atoms with E-state index in [1.54, 1.807) is 0 Å². The Labute approximate surface area is 67.2 Å². The van der Waals surface area contributed by atoms with Crippen LogP contribution in [0.4, 0.5) is 5.69 Å². The SMILES string of the molecule is C[C@H]1C[C@H]1c1ccc(N)cc1. The molecule has 2 N–H and O–H groups in total. The predicted octanol–water partition coefficient (Wildman–Crippen LogP) is 2.39. The fourth-order valence-electron chi connectivity index (χ4n) is 1.53. The molecule has 0 saturated heterocycles. The molecule has 0 unspecified atom stereocenters. The van der Waals surface area contributed by atoms with Crippen molar-refractivity contribution >= 4 is 5.69 Å². The molecule has 1 aromatic carbocycles. The lowest BCUT2D eigenvalue weighted by Crippen LogP contribution is -1.85. The minimum absolute atomic E-state index is 0.815. The maximum absolute atomic E-state index is 5.58. The van der Waals surface area contributed by atoms with E-state index in [1.165, 1.54) is 12.0 Å². The van der Waals surface area contributed by atoms with Crippen molar-refractivity contribution in [1.82, 2.24) is 0 Å². The number of hydrogen-bond donors (Lipinski definition) is 1. The third-order valence-electron chi connectivity index (χ3n) is 2.47. The van der Waals surface area contributed by atoms with E-state index in [9.17, 15) is 0 Å². The van der Waals surface area contributed by atoms with Crippen molar-refractivity contribution in [3.05, 3.63) is 29.8 Å². The molecule has 1 aliphatic carbocycles. The summed E-state index contributed by atoms with van der Waals surface area (Å²) in [6.45, 7) is 2.29. The maximum Gasteiger partial charge on any atom is 0.0314 e. The lowest BCUT2D eigenvalue weighted by molar-refractivity contribution is 0.915. The van der Waals surface area contributed by atoms with Gasteiger partial charge in [-0.1, -0.05) is 19.1 Å². The van der Waals surface area contributed by atoms with Crippen LogP contribution in [0.3, 0.4) is 0 Å². The quantitative estimate of drug-likeness (QED) is 0.606. The van der Waals surface area contributed by atoms with E-state index in [0.717, 1.165) is 17.5 Å². The minimum atomic E-state index is 0.815. The molecule has 1 aromatic rings. The second-order valence-corrected chi connectivity index (χ2v) is 3.49. The zero-order valence-corrected chi connectivity index (χ0v) is 6.75. The molecule has 0 bridgehead atoms. The average Bonchev–Trinajstić information content (AvgIpc) is 2.69. The third-order valence-corrected chi connectivity index (χ3v) is 2.47. The van der Waals surface area contributed by atoms with Crippen LogP contribution in [0.25, 0.3) is 0 Å². The van der Waals surface area contributed by atoms with Crippen molar-refractivity contribution in [3.63, 3.8) is 0 Å². The number of hydrogen-bond acceptors (Lipinski definition) is 1. The molecule has 1 aliphatic rings. The molecule has 0 heterocycles. The Morgan fingerprint density at radius 1 is 1.27 bits per heavy atom. The van der Waals surface area contributed by atoms with Gasteiger partial charge in [0.1, 0.15) is 0 Å². The molecule has 0 aliphatic heterocycles. The molecule has 0 radical (unpaired) electrons. The molecule has 0 amide bonds. The topological polar surface area (TPSA) is 26.0 Å². The highest BCUT2D eigenvalue weighted by atomic mass is 14.5. The Balaban J connectivity index is 2.21. The van der Waals surface area contributed by atoms with E-state index in [0.29, 0.717) is 0 Å². The largest absolute Gasteiger partial charge is 0.399 e. The molecule has 2 atom stereocenters. The van der Waals surface area contributed by atoms with Gasteiger partial charge in [-0.25, -0.2) is 0 Å². The van der Waals surface area contributed by atoms with E-state index >= 15 is 0 Å². The van der Waals surface area contributed by atoms with Gasteiger partial charge >= 0.3 is 0 Å². The highest BCUT2D eigenvalue weighted by Gasteiger charge is 2.33. The van der Waals surface area contributed by atoms with Gasteiger partial charge in [-0.15, -0.1) is 0 Å². The molecule has 1 nitrogen and oxygen atoms in total. The van der Waals surface area contributed by atoms with E-state index in [-0.39, 0.29) is 0 Å². The van der Waals surface area contributed by atoms with Crippen LogP contribution >= 0.6 is 0 Å². The van der Waals surface area contributed by atoms with Crippen LogP contribution in [0.1, 0.15) is 24.8 Å². The zero-order chi connectivity index (χ0) is 7.84. The molecule has 58 valence electrons. The Morgan fingerprint density at radius 3 is 2.27 bits per heavy atom. The Bertz CT molecular complexity index is 250. The van der Waals surface area contributed by atoms with E-state index < -0.39 is 0 Å². The van der Waals surface area contributed by atoms with Gasteiger partial charge in [0.2, 0.25) is 0 Å². The first-order valence-electron chi connectivity index (χ1n) is 4.13. The summed E-state index contributed by atoms with van der Waals surface area (Å²) < 4.78 is 0. The second-order valence-electron chi connectivity index (χ2n) is 3.49. The van der Waals surface area contributed by atoms with E-state index in [2.05, 4.69) is 19.1 Å². The first-order valence-corrected chi connectivity index (χ1v) is 4.13. The van der Waals surface area contributed by atoms with Gasteiger partial charge in [-0.3, -0.25) is 0 Å². The summed E-state index contributed by atoms with van der Waals surface area (Å²) in [6, 6.07) is 8.26. The van der Waals surface area contributed by atoms with Crippen LogP contribution in [0.5, 0.6) is 0 Å². The molecule has 1 fully saturated rings. The van der Waals surface area contributed by atoms with Gasteiger partial charge < -0.3 is 5.73 Å². The molecule has 2 rings (SSSR count). The maximum atomic E-state index is 5.58. The van der Waals surface area contributed by atoms with Gasteiger partial charge in [-0.2, -0.15) is 0 Å². The zero-order valence-electron chi connectivity index (χ0n) is 6.75.